The first-order valence-electron chi connectivity index (χ1n) is 8.44. The van der Waals surface area contributed by atoms with E-state index in [0.717, 1.165) is 7.14 Å². The standard InChI is InChI=1S/C19H17I3O7S/c1-9(2)11-7-14(10(3)6-15(11)30(25,26)27)29-16(23)8-28-19(24)17-12(20)4-5-13(21)18(17)22/h4-7,9H,8H2,1-3H3,(H,25,26,27)/p-1. The third kappa shape index (κ3) is 6.26. The molecular formula is C19H16I3O7S-. The summed E-state index contributed by atoms with van der Waals surface area (Å²) in [6, 6.07) is 6.19. The summed E-state index contributed by atoms with van der Waals surface area (Å²) in [4.78, 5) is 24.3. The van der Waals surface area contributed by atoms with E-state index < -0.39 is 28.7 Å². The van der Waals surface area contributed by atoms with Gasteiger partial charge in [-0.15, -0.1) is 0 Å². The molecule has 2 aromatic rings. The van der Waals surface area contributed by atoms with E-state index in [1.807, 2.05) is 51.2 Å². The molecule has 0 heterocycles. The Labute approximate surface area is 215 Å². The van der Waals surface area contributed by atoms with E-state index in [2.05, 4.69) is 22.6 Å². The van der Waals surface area contributed by atoms with Gasteiger partial charge in [0.05, 0.1) is 10.5 Å². The first-order valence-corrected chi connectivity index (χ1v) is 13.1. The fourth-order valence-electron chi connectivity index (χ4n) is 2.52. The molecule has 0 bridgehead atoms. The molecule has 0 atom stereocenters. The number of benzene rings is 2. The highest BCUT2D eigenvalue weighted by molar-refractivity contribution is 14.1. The summed E-state index contributed by atoms with van der Waals surface area (Å²) in [5.74, 6) is -1.66. The summed E-state index contributed by atoms with van der Waals surface area (Å²) in [6.07, 6.45) is 0. The zero-order chi connectivity index (χ0) is 22.8. The fraction of sp³-hybridized carbons (Fsp3) is 0.263. The molecule has 30 heavy (non-hydrogen) atoms. The lowest BCUT2D eigenvalue weighted by molar-refractivity contribution is -0.137. The van der Waals surface area contributed by atoms with Crippen LogP contribution in [0, 0.1) is 17.6 Å². The maximum absolute atomic E-state index is 12.4. The minimum atomic E-state index is -4.67. The normalized spacial score (nSPS) is 11.5. The maximum atomic E-state index is 12.4. The summed E-state index contributed by atoms with van der Waals surface area (Å²) >= 11 is 6.16. The zero-order valence-corrected chi connectivity index (χ0v) is 23.3. The Hall–Kier alpha value is -0.520. The second-order valence-electron chi connectivity index (χ2n) is 6.53. The third-order valence-electron chi connectivity index (χ3n) is 3.99. The minimum Gasteiger partial charge on any atom is -0.744 e. The average Bonchev–Trinajstić information content (AvgIpc) is 2.63. The molecule has 0 fully saturated rings. The molecule has 0 aromatic heterocycles. The van der Waals surface area contributed by atoms with Gasteiger partial charge in [0.2, 0.25) is 0 Å². The molecule has 0 saturated carbocycles. The number of aryl methyl sites for hydroxylation is 1. The highest BCUT2D eigenvalue weighted by atomic mass is 127. The van der Waals surface area contributed by atoms with Crippen LogP contribution in [0.15, 0.2) is 29.2 Å². The van der Waals surface area contributed by atoms with Crippen molar-refractivity contribution in [2.45, 2.75) is 31.6 Å². The molecule has 7 nitrogen and oxygen atoms in total. The van der Waals surface area contributed by atoms with Crippen LogP contribution in [0.5, 0.6) is 5.75 Å². The number of carbonyl (C=O) groups excluding carboxylic acids is 2. The third-order valence-corrected chi connectivity index (χ3v) is 8.83. The number of halogens is 3. The molecule has 162 valence electrons. The molecule has 0 saturated heterocycles. The number of carbonyl (C=O) groups is 2. The van der Waals surface area contributed by atoms with Gasteiger partial charge in [0, 0.05) is 10.7 Å². The van der Waals surface area contributed by atoms with E-state index in [4.69, 9.17) is 9.47 Å². The lowest BCUT2D eigenvalue weighted by Crippen LogP contribution is -2.21. The molecule has 0 aliphatic heterocycles. The lowest BCUT2D eigenvalue weighted by atomic mass is 10.0. The van der Waals surface area contributed by atoms with Gasteiger partial charge in [0.25, 0.3) is 0 Å². The molecular weight excluding hydrogens is 753 g/mol. The van der Waals surface area contributed by atoms with Crippen LogP contribution >= 0.6 is 67.8 Å². The quantitative estimate of drug-likeness (QED) is 0.139. The summed E-state index contributed by atoms with van der Waals surface area (Å²) in [6.45, 7) is 4.34. The van der Waals surface area contributed by atoms with E-state index in [9.17, 15) is 22.6 Å². The highest BCUT2D eigenvalue weighted by Crippen LogP contribution is 2.31. The van der Waals surface area contributed by atoms with E-state index in [-0.39, 0.29) is 22.1 Å². The number of hydrogen-bond acceptors (Lipinski definition) is 7. The van der Waals surface area contributed by atoms with Crippen LogP contribution < -0.4 is 4.74 Å². The second kappa shape index (κ2) is 10.4. The Kier molecular flexibility index (Phi) is 8.92. The van der Waals surface area contributed by atoms with Gasteiger partial charge in [-0.1, -0.05) is 13.8 Å². The van der Waals surface area contributed by atoms with Crippen LogP contribution in [0.2, 0.25) is 0 Å². The Morgan fingerprint density at radius 3 is 2.27 bits per heavy atom. The Morgan fingerprint density at radius 2 is 1.70 bits per heavy atom. The predicted molar refractivity (Wildman–Crippen MR) is 134 cm³/mol. The summed E-state index contributed by atoms with van der Waals surface area (Å²) < 4.78 is 47.2. The lowest BCUT2D eigenvalue weighted by Gasteiger charge is -2.18. The van der Waals surface area contributed by atoms with Crippen LogP contribution in [0.1, 0.15) is 41.3 Å². The molecule has 2 rings (SSSR count). The first-order chi connectivity index (χ1) is 13.8. The largest absolute Gasteiger partial charge is 0.744 e. The summed E-state index contributed by atoms with van der Waals surface area (Å²) in [7, 11) is -4.67. The van der Waals surface area contributed by atoms with Crippen molar-refractivity contribution in [1.82, 2.24) is 0 Å². The van der Waals surface area contributed by atoms with Gasteiger partial charge in [-0.05, 0) is 116 Å². The molecule has 2 aromatic carbocycles. The molecule has 0 amide bonds. The Bertz CT molecular complexity index is 1110. The average molecular weight is 769 g/mol. The van der Waals surface area contributed by atoms with Crippen LogP contribution in [0.3, 0.4) is 0 Å². The number of hydrogen-bond donors (Lipinski definition) is 0. The van der Waals surface area contributed by atoms with Crippen molar-refractivity contribution >= 4 is 89.8 Å². The van der Waals surface area contributed by atoms with Crippen molar-refractivity contribution in [3.05, 3.63) is 51.7 Å². The van der Waals surface area contributed by atoms with Crippen molar-refractivity contribution in [2.24, 2.45) is 0 Å². The van der Waals surface area contributed by atoms with Crippen molar-refractivity contribution in [1.29, 1.82) is 0 Å². The van der Waals surface area contributed by atoms with Gasteiger partial charge in [-0.2, -0.15) is 0 Å². The molecule has 0 unspecified atom stereocenters. The maximum Gasteiger partial charge on any atom is 0.349 e. The van der Waals surface area contributed by atoms with Gasteiger partial charge in [-0.3, -0.25) is 0 Å². The van der Waals surface area contributed by atoms with E-state index >= 15 is 0 Å². The fourth-order valence-corrected chi connectivity index (χ4v) is 5.75. The molecule has 0 aliphatic rings. The van der Waals surface area contributed by atoms with Gasteiger partial charge < -0.3 is 14.0 Å². The topological polar surface area (TPSA) is 110 Å². The highest BCUT2D eigenvalue weighted by Gasteiger charge is 2.21. The van der Waals surface area contributed by atoms with Crippen molar-refractivity contribution < 1.29 is 32.0 Å². The van der Waals surface area contributed by atoms with Gasteiger partial charge in [0.1, 0.15) is 15.9 Å². The molecule has 0 aliphatic carbocycles. The zero-order valence-electron chi connectivity index (χ0n) is 16.0. The minimum absolute atomic E-state index is 0.102. The second-order valence-corrected chi connectivity index (χ2v) is 11.3. The van der Waals surface area contributed by atoms with Gasteiger partial charge in [-0.25, -0.2) is 18.0 Å². The number of ether oxygens (including phenoxy) is 2. The summed E-state index contributed by atoms with van der Waals surface area (Å²) in [5.41, 5.74) is 0.924. The van der Waals surface area contributed by atoms with Crippen molar-refractivity contribution in [2.75, 3.05) is 6.61 Å². The molecule has 0 spiro atoms. The number of esters is 2. The molecule has 0 N–H and O–H groups in total. The van der Waals surface area contributed by atoms with Gasteiger partial charge in [0.15, 0.2) is 6.61 Å². The number of rotatable bonds is 6. The Morgan fingerprint density at radius 1 is 1.10 bits per heavy atom. The molecule has 0 radical (unpaired) electrons. The van der Waals surface area contributed by atoms with Crippen LogP contribution in [-0.4, -0.2) is 31.5 Å². The summed E-state index contributed by atoms with van der Waals surface area (Å²) in [5, 5.41) is 0. The first kappa shape index (κ1) is 25.7. The SMILES string of the molecule is Cc1cc(S(=O)(=O)[O-])c(C(C)C)cc1OC(=O)COC(=O)c1c(I)ccc(I)c1I. The van der Waals surface area contributed by atoms with Crippen LogP contribution in [0.25, 0.3) is 0 Å². The molecule has 11 heteroatoms. The van der Waals surface area contributed by atoms with Crippen LogP contribution in [-0.2, 0) is 19.6 Å². The predicted octanol–water partition coefficient (Wildman–Crippen LogP) is 4.60. The van der Waals surface area contributed by atoms with Crippen molar-refractivity contribution in [3.63, 3.8) is 0 Å². The monoisotopic (exact) mass is 769 g/mol. The van der Waals surface area contributed by atoms with E-state index in [0.29, 0.717) is 14.7 Å². The van der Waals surface area contributed by atoms with E-state index in [1.54, 1.807) is 19.9 Å². The van der Waals surface area contributed by atoms with Crippen molar-refractivity contribution in [3.8, 4) is 5.75 Å². The van der Waals surface area contributed by atoms with Crippen LogP contribution in [0.4, 0.5) is 0 Å². The Balaban J connectivity index is 2.18. The smallest absolute Gasteiger partial charge is 0.349 e. The van der Waals surface area contributed by atoms with Gasteiger partial charge >= 0.3 is 11.9 Å². The van der Waals surface area contributed by atoms with E-state index in [1.165, 1.54) is 19.1 Å².